The van der Waals surface area contributed by atoms with Crippen LogP contribution in [0.4, 0.5) is 0 Å². The van der Waals surface area contributed by atoms with Gasteiger partial charge in [-0.2, -0.15) is 0 Å². The van der Waals surface area contributed by atoms with Crippen LogP contribution >= 0.6 is 12.2 Å². The van der Waals surface area contributed by atoms with Crippen LogP contribution < -0.4 is 5.73 Å². The summed E-state index contributed by atoms with van der Waals surface area (Å²) in [5.41, 5.74) is 5.69. The third-order valence-electron chi connectivity index (χ3n) is 5.18. The highest BCUT2D eigenvalue weighted by Crippen LogP contribution is 2.54. The quantitative estimate of drug-likeness (QED) is 0.779. The average molecular weight is 281 g/mol. The summed E-state index contributed by atoms with van der Waals surface area (Å²) in [6.07, 6.45) is 3.67. The van der Waals surface area contributed by atoms with Gasteiger partial charge in [-0.05, 0) is 38.0 Å². The molecule has 3 aliphatic rings. The van der Waals surface area contributed by atoms with E-state index in [2.05, 4.69) is 9.80 Å². The number of hydrogen-bond donors (Lipinski definition) is 1. The summed E-state index contributed by atoms with van der Waals surface area (Å²) in [4.78, 5) is 17.3. The summed E-state index contributed by atoms with van der Waals surface area (Å²) in [6.45, 7) is 5.49. The van der Waals surface area contributed by atoms with Crippen molar-refractivity contribution < 1.29 is 4.79 Å². The maximum Gasteiger partial charge on any atom is 0.225 e. The van der Waals surface area contributed by atoms with Crippen LogP contribution in [-0.2, 0) is 4.79 Å². The van der Waals surface area contributed by atoms with Crippen molar-refractivity contribution in [2.75, 3.05) is 26.2 Å². The Morgan fingerprint density at radius 2 is 1.74 bits per heavy atom. The van der Waals surface area contributed by atoms with Crippen LogP contribution in [0.25, 0.3) is 0 Å². The van der Waals surface area contributed by atoms with Crippen molar-refractivity contribution in [1.29, 1.82) is 0 Å². The zero-order chi connectivity index (χ0) is 13.6. The molecule has 3 rings (SSSR count). The summed E-state index contributed by atoms with van der Waals surface area (Å²) in [5.74, 6) is 2.48. The Hall–Kier alpha value is -0.680. The first-order valence-electron chi connectivity index (χ1n) is 7.38. The van der Waals surface area contributed by atoms with Crippen molar-refractivity contribution in [3.63, 3.8) is 0 Å². The Kier molecular flexibility index (Phi) is 3.52. The van der Waals surface area contributed by atoms with Crippen LogP contribution in [0.5, 0.6) is 0 Å². The second-order valence-electron chi connectivity index (χ2n) is 6.36. The highest BCUT2D eigenvalue weighted by molar-refractivity contribution is 7.80. The van der Waals surface area contributed by atoms with Crippen LogP contribution in [0.1, 0.15) is 26.2 Å². The van der Waals surface area contributed by atoms with Crippen molar-refractivity contribution in [3.05, 3.63) is 0 Å². The summed E-state index contributed by atoms with van der Waals surface area (Å²) >= 11 is 5.04. The van der Waals surface area contributed by atoms with Crippen molar-refractivity contribution in [1.82, 2.24) is 9.80 Å². The van der Waals surface area contributed by atoms with Gasteiger partial charge in [-0.1, -0.05) is 12.2 Å². The monoisotopic (exact) mass is 281 g/mol. The molecule has 1 aliphatic heterocycles. The molecule has 1 amide bonds. The number of amides is 1. The molecule has 3 atom stereocenters. The molecule has 19 heavy (non-hydrogen) atoms. The molecule has 2 aliphatic carbocycles. The maximum atomic E-state index is 12.4. The molecule has 3 fully saturated rings. The SMILES string of the molecule is CC(C(N)=S)N1CCN(C(=O)C2CC3CC3C2)CC1. The Labute approximate surface area is 120 Å². The summed E-state index contributed by atoms with van der Waals surface area (Å²) in [5, 5.41) is 0. The van der Waals surface area contributed by atoms with Crippen LogP contribution in [-0.4, -0.2) is 52.9 Å². The zero-order valence-corrected chi connectivity index (χ0v) is 12.4. The minimum Gasteiger partial charge on any atom is -0.392 e. The van der Waals surface area contributed by atoms with E-state index in [4.69, 9.17) is 18.0 Å². The van der Waals surface area contributed by atoms with Crippen molar-refractivity contribution in [2.45, 2.75) is 32.2 Å². The maximum absolute atomic E-state index is 12.4. The Balaban J connectivity index is 1.49. The molecule has 3 unspecified atom stereocenters. The van der Waals surface area contributed by atoms with Gasteiger partial charge >= 0.3 is 0 Å². The number of piperazine rings is 1. The molecular weight excluding hydrogens is 258 g/mol. The van der Waals surface area contributed by atoms with Gasteiger partial charge in [0.25, 0.3) is 0 Å². The fourth-order valence-electron chi connectivity index (χ4n) is 3.68. The molecule has 0 spiro atoms. The zero-order valence-electron chi connectivity index (χ0n) is 11.5. The normalized spacial score (nSPS) is 35.8. The highest BCUT2D eigenvalue weighted by Gasteiger charge is 2.48. The van der Waals surface area contributed by atoms with E-state index in [0.717, 1.165) is 50.9 Å². The van der Waals surface area contributed by atoms with Crippen LogP contribution in [0.15, 0.2) is 0 Å². The van der Waals surface area contributed by atoms with Crippen LogP contribution in [0.3, 0.4) is 0 Å². The number of carbonyl (C=O) groups excluding carboxylic acids is 1. The minimum atomic E-state index is 0.145. The molecule has 5 heteroatoms. The van der Waals surface area contributed by atoms with Gasteiger partial charge in [0.2, 0.25) is 5.91 Å². The Bertz CT molecular complexity index is 382. The van der Waals surface area contributed by atoms with E-state index in [1.165, 1.54) is 6.42 Å². The molecule has 0 radical (unpaired) electrons. The summed E-state index contributed by atoms with van der Waals surface area (Å²) in [7, 11) is 0. The van der Waals surface area contributed by atoms with Crippen molar-refractivity contribution >= 4 is 23.1 Å². The van der Waals surface area contributed by atoms with E-state index >= 15 is 0 Å². The van der Waals surface area contributed by atoms with Crippen molar-refractivity contribution in [2.24, 2.45) is 23.5 Å². The van der Waals surface area contributed by atoms with Gasteiger partial charge in [-0.3, -0.25) is 9.69 Å². The lowest BCUT2D eigenvalue weighted by molar-refractivity contribution is -0.137. The predicted molar refractivity (Wildman–Crippen MR) is 78.7 cm³/mol. The smallest absolute Gasteiger partial charge is 0.225 e. The predicted octanol–water partition coefficient (Wildman–Crippen LogP) is 0.851. The van der Waals surface area contributed by atoms with Gasteiger partial charge in [0, 0.05) is 32.1 Å². The third kappa shape index (κ3) is 2.63. The van der Waals surface area contributed by atoms with E-state index < -0.39 is 0 Å². The molecule has 106 valence electrons. The third-order valence-corrected chi connectivity index (χ3v) is 5.52. The molecule has 0 aromatic heterocycles. The highest BCUT2D eigenvalue weighted by atomic mass is 32.1. The lowest BCUT2D eigenvalue weighted by Gasteiger charge is -2.38. The minimum absolute atomic E-state index is 0.145. The first kappa shape index (κ1) is 13.3. The summed E-state index contributed by atoms with van der Waals surface area (Å²) in [6, 6.07) is 0.145. The van der Waals surface area contributed by atoms with E-state index in [-0.39, 0.29) is 6.04 Å². The second kappa shape index (κ2) is 5.02. The van der Waals surface area contributed by atoms with Gasteiger partial charge in [0.05, 0.1) is 11.0 Å². The van der Waals surface area contributed by atoms with Crippen LogP contribution in [0.2, 0.25) is 0 Å². The number of nitrogens with two attached hydrogens (primary N) is 1. The molecular formula is C14H23N3OS. The number of hydrogen-bond acceptors (Lipinski definition) is 3. The fourth-order valence-corrected chi connectivity index (χ4v) is 3.83. The number of rotatable bonds is 3. The van der Waals surface area contributed by atoms with E-state index in [0.29, 0.717) is 16.8 Å². The topological polar surface area (TPSA) is 49.6 Å². The first-order valence-corrected chi connectivity index (χ1v) is 7.79. The second-order valence-corrected chi connectivity index (χ2v) is 6.84. The first-order chi connectivity index (χ1) is 9.06. The largest absolute Gasteiger partial charge is 0.392 e. The fraction of sp³-hybridized carbons (Fsp3) is 0.857. The van der Waals surface area contributed by atoms with Crippen LogP contribution in [0, 0.1) is 17.8 Å². The number of nitrogens with zero attached hydrogens (tertiary/aromatic N) is 2. The number of carbonyl (C=O) groups is 1. The lowest BCUT2D eigenvalue weighted by atomic mass is 10.0. The molecule has 1 heterocycles. The molecule has 1 saturated heterocycles. The summed E-state index contributed by atoms with van der Waals surface area (Å²) < 4.78 is 0. The molecule has 2 N–H and O–H groups in total. The molecule has 4 nitrogen and oxygen atoms in total. The standard InChI is InChI=1S/C14H23N3OS/c1-9(13(15)19)16-2-4-17(5-3-16)14(18)12-7-10-6-11(10)8-12/h9-12H,2-8H2,1H3,(H2,15,19). The molecule has 2 saturated carbocycles. The Morgan fingerprint density at radius 3 is 2.26 bits per heavy atom. The van der Waals surface area contributed by atoms with E-state index in [1.54, 1.807) is 0 Å². The lowest BCUT2D eigenvalue weighted by Crippen LogP contribution is -2.54. The van der Waals surface area contributed by atoms with E-state index in [9.17, 15) is 4.79 Å². The van der Waals surface area contributed by atoms with Gasteiger partial charge in [0.1, 0.15) is 0 Å². The van der Waals surface area contributed by atoms with Gasteiger partial charge in [-0.15, -0.1) is 0 Å². The van der Waals surface area contributed by atoms with Gasteiger partial charge in [-0.25, -0.2) is 0 Å². The van der Waals surface area contributed by atoms with E-state index in [1.807, 2.05) is 6.92 Å². The van der Waals surface area contributed by atoms with Gasteiger partial charge < -0.3 is 10.6 Å². The average Bonchev–Trinajstić information content (AvgIpc) is 3.03. The molecule has 0 aromatic carbocycles. The number of thiocarbonyl (C=S) groups is 1. The Morgan fingerprint density at radius 1 is 1.16 bits per heavy atom. The van der Waals surface area contributed by atoms with Crippen molar-refractivity contribution in [3.8, 4) is 0 Å². The number of fused-ring (bicyclic) bond motifs is 1. The molecule has 0 aromatic rings. The van der Waals surface area contributed by atoms with Gasteiger partial charge in [0.15, 0.2) is 0 Å². The molecule has 0 bridgehead atoms.